The van der Waals surface area contributed by atoms with E-state index in [1.807, 2.05) is 6.92 Å². The van der Waals surface area contributed by atoms with Gasteiger partial charge in [0, 0.05) is 18.4 Å². The molecule has 6 heteroatoms. The van der Waals surface area contributed by atoms with Crippen LogP contribution < -0.4 is 5.32 Å². The summed E-state index contributed by atoms with van der Waals surface area (Å²) < 4.78 is 49.7. The Hall–Kier alpha value is -1.01. The maximum Gasteiger partial charge on any atom is 0.154 e. The van der Waals surface area contributed by atoms with E-state index in [9.17, 15) is 17.2 Å². The molecule has 0 aliphatic carbocycles. The third kappa shape index (κ3) is 4.48. The molecule has 1 unspecified atom stereocenters. The molecular formula is C15H23F2NO2S. The summed E-state index contributed by atoms with van der Waals surface area (Å²) in [4.78, 5) is 0. The summed E-state index contributed by atoms with van der Waals surface area (Å²) >= 11 is 0. The molecule has 1 atom stereocenters. The second-order valence-electron chi connectivity index (χ2n) is 5.82. The van der Waals surface area contributed by atoms with E-state index in [1.165, 1.54) is 18.4 Å². The Kier molecular flexibility index (Phi) is 5.87. The number of nitrogens with one attached hydrogen (secondary N) is 1. The summed E-state index contributed by atoms with van der Waals surface area (Å²) in [6.07, 6.45) is 2.20. The molecule has 21 heavy (non-hydrogen) atoms. The number of hydrogen-bond acceptors (Lipinski definition) is 3. The van der Waals surface area contributed by atoms with Crippen molar-refractivity contribution in [1.29, 1.82) is 0 Å². The first kappa shape index (κ1) is 18.0. The van der Waals surface area contributed by atoms with Crippen LogP contribution in [-0.4, -0.2) is 32.0 Å². The van der Waals surface area contributed by atoms with Crippen molar-refractivity contribution in [1.82, 2.24) is 5.32 Å². The maximum absolute atomic E-state index is 13.8. The highest BCUT2D eigenvalue weighted by atomic mass is 32.2. The van der Waals surface area contributed by atoms with Crippen LogP contribution in [0.15, 0.2) is 18.2 Å². The fraction of sp³-hybridized carbons (Fsp3) is 0.600. The number of hydrogen-bond donors (Lipinski definition) is 1. The number of sulfone groups is 1. The first-order valence-corrected chi connectivity index (χ1v) is 8.85. The Morgan fingerprint density at radius 3 is 2.38 bits per heavy atom. The average Bonchev–Trinajstić information content (AvgIpc) is 2.35. The summed E-state index contributed by atoms with van der Waals surface area (Å²) in [6, 6.07) is 2.92. The predicted octanol–water partition coefficient (Wildman–Crippen LogP) is 2.70. The molecule has 0 heterocycles. The summed E-state index contributed by atoms with van der Waals surface area (Å²) in [5.74, 6) is -1.29. The average molecular weight is 319 g/mol. The molecule has 0 aliphatic rings. The normalized spacial score (nSPS) is 14.2. The number of benzene rings is 1. The lowest BCUT2D eigenvalue weighted by Crippen LogP contribution is -2.53. The van der Waals surface area contributed by atoms with Gasteiger partial charge in [-0.3, -0.25) is 0 Å². The molecule has 3 nitrogen and oxygen atoms in total. The summed E-state index contributed by atoms with van der Waals surface area (Å²) in [7, 11) is -3.33. The molecule has 1 aromatic carbocycles. The van der Waals surface area contributed by atoms with Crippen molar-refractivity contribution < 1.29 is 17.2 Å². The van der Waals surface area contributed by atoms with E-state index < -0.39 is 32.3 Å². The molecule has 1 N–H and O–H groups in total. The molecule has 0 fully saturated rings. The van der Waals surface area contributed by atoms with Crippen molar-refractivity contribution in [2.45, 2.75) is 44.4 Å². The number of rotatable bonds is 7. The highest BCUT2D eigenvalue weighted by Crippen LogP contribution is 2.24. The molecule has 0 radical (unpaired) electrons. The van der Waals surface area contributed by atoms with E-state index in [4.69, 9.17) is 0 Å². The second-order valence-corrected chi connectivity index (χ2v) is 8.42. The molecule has 0 aliphatic heterocycles. The van der Waals surface area contributed by atoms with Gasteiger partial charge in [-0.25, -0.2) is 17.2 Å². The van der Waals surface area contributed by atoms with Crippen molar-refractivity contribution in [2.75, 3.05) is 12.8 Å². The first-order chi connectivity index (χ1) is 9.59. The van der Waals surface area contributed by atoms with Gasteiger partial charge in [0.05, 0.1) is 4.75 Å². The van der Waals surface area contributed by atoms with Crippen molar-refractivity contribution in [3.05, 3.63) is 35.4 Å². The van der Waals surface area contributed by atoms with E-state index in [0.29, 0.717) is 12.1 Å². The zero-order chi connectivity index (χ0) is 16.3. The SMILES string of the molecule is CCCNC(Cc1ccc(F)cc1F)C(C)(C)S(C)(=O)=O. The van der Waals surface area contributed by atoms with Gasteiger partial charge in [-0.1, -0.05) is 13.0 Å². The third-order valence-corrected chi connectivity index (χ3v) is 6.07. The molecule has 0 amide bonds. The van der Waals surface area contributed by atoms with E-state index in [1.54, 1.807) is 13.8 Å². The lowest BCUT2D eigenvalue weighted by molar-refractivity contribution is 0.401. The maximum atomic E-state index is 13.8. The molecule has 0 bridgehead atoms. The van der Waals surface area contributed by atoms with Gasteiger partial charge in [0.25, 0.3) is 0 Å². The van der Waals surface area contributed by atoms with Gasteiger partial charge in [-0.15, -0.1) is 0 Å². The molecule has 0 saturated carbocycles. The fourth-order valence-electron chi connectivity index (χ4n) is 2.05. The number of halogens is 2. The Morgan fingerprint density at radius 2 is 1.90 bits per heavy atom. The highest BCUT2D eigenvalue weighted by molar-refractivity contribution is 7.92. The van der Waals surface area contributed by atoms with Crippen LogP contribution in [0.5, 0.6) is 0 Å². The van der Waals surface area contributed by atoms with Crippen LogP contribution in [0.3, 0.4) is 0 Å². The fourth-order valence-corrected chi connectivity index (χ4v) is 2.73. The Balaban J connectivity index is 3.09. The molecule has 0 spiro atoms. The van der Waals surface area contributed by atoms with E-state index in [0.717, 1.165) is 12.5 Å². The predicted molar refractivity (Wildman–Crippen MR) is 81.1 cm³/mol. The topological polar surface area (TPSA) is 46.2 Å². The largest absolute Gasteiger partial charge is 0.312 e. The van der Waals surface area contributed by atoms with Crippen LogP contribution in [-0.2, 0) is 16.3 Å². The van der Waals surface area contributed by atoms with Gasteiger partial charge >= 0.3 is 0 Å². The van der Waals surface area contributed by atoms with Crippen molar-refractivity contribution >= 4 is 9.84 Å². The van der Waals surface area contributed by atoms with Crippen LogP contribution in [0, 0.1) is 11.6 Å². The minimum Gasteiger partial charge on any atom is -0.312 e. The quantitative estimate of drug-likeness (QED) is 0.840. The molecular weight excluding hydrogens is 296 g/mol. The third-order valence-electron chi connectivity index (χ3n) is 3.87. The second kappa shape index (κ2) is 6.83. The minimum atomic E-state index is -3.33. The molecule has 0 aromatic heterocycles. The van der Waals surface area contributed by atoms with Crippen molar-refractivity contribution in [3.8, 4) is 0 Å². The zero-order valence-corrected chi connectivity index (χ0v) is 13.7. The highest BCUT2D eigenvalue weighted by Gasteiger charge is 2.38. The molecule has 0 saturated heterocycles. The summed E-state index contributed by atoms with van der Waals surface area (Å²) in [6.45, 7) is 5.84. The molecule has 120 valence electrons. The van der Waals surface area contributed by atoms with Crippen LogP contribution in [0.2, 0.25) is 0 Å². The summed E-state index contributed by atoms with van der Waals surface area (Å²) in [5, 5.41) is 3.17. The van der Waals surface area contributed by atoms with Gasteiger partial charge in [0.2, 0.25) is 0 Å². The Bertz CT molecular complexity index is 585. The standard InChI is InChI=1S/C15H23F2NO2S/c1-5-8-18-14(15(2,3)21(4,19)20)9-11-6-7-12(16)10-13(11)17/h6-7,10,14,18H,5,8-9H2,1-4H3. The smallest absolute Gasteiger partial charge is 0.154 e. The minimum absolute atomic E-state index is 0.187. The van der Waals surface area contributed by atoms with Gasteiger partial charge in [0.15, 0.2) is 9.84 Å². The van der Waals surface area contributed by atoms with Crippen LogP contribution in [0.4, 0.5) is 8.78 Å². The van der Waals surface area contributed by atoms with Crippen LogP contribution >= 0.6 is 0 Å². The van der Waals surface area contributed by atoms with Gasteiger partial charge < -0.3 is 5.32 Å². The van der Waals surface area contributed by atoms with Crippen molar-refractivity contribution in [3.63, 3.8) is 0 Å². The lowest BCUT2D eigenvalue weighted by atomic mass is 9.95. The molecule has 1 aromatic rings. The van der Waals surface area contributed by atoms with Gasteiger partial charge in [-0.05, 0) is 44.9 Å². The zero-order valence-electron chi connectivity index (χ0n) is 12.9. The Morgan fingerprint density at radius 1 is 1.29 bits per heavy atom. The van der Waals surface area contributed by atoms with Gasteiger partial charge in [0.1, 0.15) is 11.6 Å². The van der Waals surface area contributed by atoms with Crippen LogP contribution in [0.1, 0.15) is 32.8 Å². The monoisotopic (exact) mass is 319 g/mol. The first-order valence-electron chi connectivity index (χ1n) is 6.96. The van der Waals surface area contributed by atoms with Gasteiger partial charge in [-0.2, -0.15) is 0 Å². The van der Waals surface area contributed by atoms with E-state index in [-0.39, 0.29) is 6.42 Å². The van der Waals surface area contributed by atoms with Crippen molar-refractivity contribution in [2.24, 2.45) is 0 Å². The lowest BCUT2D eigenvalue weighted by Gasteiger charge is -2.33. The van der Waals surface area contributed by atoms with E-state index in [2.05, 4.69) is 5.32 Å². The summed E-state index contributed by atoms with van der Waals surface area (Å²) in [5.41, 5.74) is 0.307. The molecule has 1 rings (SSSR count). The Labute approximate surface area is 125 Å². The van der Waals surface area contributed by atoms with E-state index >= 15 is 0 Å². The van der Waals surface area contributed by atoms with Crippen LogP contribution in [0.25, 0.3) is 0 Å².